The zero-order valence-corrected chi connectivity index (χ0v) is 14.8. The van der Waals surface area contributed by atoms with E-state index in [2.05, 4.69) is 23.9 Å². The molecular formula is C17H24N4OS. The normalized spacial score (nSPS) is 18.6. The van der Waals surface area contributed by atoms with Crippen LogP contribution < -0.4 is 0 Å². The number of piperidine rings is 1. The van der Waals surface area contributed by atoms with Gasteiger partial charge in [-0.2, -0.15) is 5.10 Å². The first-order valence-corrected chi connectivity index (χ1v) is 9.17. The number of rotatable bonds is 4. The molecule has 1 unspecified atom stereocenters. The summed E-state index contributed by atoms with van der Waals surface area (Å²) in [4.78, 5) is 19.5. The molecule has 1 atom stereocenters. The van der Waals surface area contributed by atoms with Gasteiger partial charge in [0.15, 0.2) is 0 Å². The van der Waals surface area contributed by atoms with Crippen molar-refractivity contribution in [1.29, 1.82) is 0 Å². The summed E-state index contributed by atoms with van der Waals surface area (Å²) in [5.74, 6) is 0.612. The van der Waals surface area contributed by atoms with Crippen molar-refractivity contribution in [3.05, 3.63) is 34.0 Å². The quantitative estimate of drug-likeness (QED) is 0.862. The van der Waals surface area contributed by atoms with Crippen molar-refractivity contribution in [2.75, 3.05) is 6.54 Å². The summed E-state index contributed by atoms with van der Waals surface area (Å²) in [6.07, 6.45) is 5.93. The highest BCUT2D eigenvalue weighted by atomic mass is 32.1. The molecule has 0 aliphatic carbocycles. The lowest BCUT2D eigenvalue weighted by Gasteiger charge is -2.34. The van der Waals surface area contributed by atoms with Crippen molar-refractivity contribution >= 4 is 17.2 Å². The van der Waals surface area contributed by atoms with Crippen LogP contribution in [0, 0.1) is 5.92 Å². The number of carbonyl (C=O) groups is 1. The maximum Gasteiger partial charge on any atom is 0.272 e. The van der Waals surface area contributed by atoms with Crippen molar-refractivity contribution in [1.82, 2.24) is 19.7 Å². The Kier molecular flexibility index (Phi) is 4.80. The number of nitrogens with zero attached hydrogens (tertiary/aromatic N) is 4. The smallest absolute Gasteiger partial charge is 0.272 e. The molecule has 1 fully saturated rings. The molecule has 0 aromatic carbocycles. The second-order valence-electron chi connectivity index (χ2n) is 6.62. The van der Waals surface area contributed by atoms with Gasteiger partial charge in [0.05, 0.1) is 11.7 Å². The molecule has 0 N–H and O–H groups in total. The molecule has 124 valence electrons. The summed E-state index contributed by atoms with van der Waals surface area (Å²) in [5, 5.41) is 7.54. The number of hydrogen-bond acceptors (Lipinski definition) is 4. The van der Waals surface area contributed by atoms with E-state index in [9.17, 15) is 4.79 Å². The number of amides is 1. The number of likely N-dealkylation sites (tertiary alicyclic amines) is 1. The van der Waals surface area contributed by atoms with Gasteiger partial charge >= 0.3 is 0 Å². The third-order valence-corrected chi connectivity index (χ3v) is 5.14. The SMILES string of the molecule is CC(C)Cc1cc(C(=O)N2CCCCC2c2nccs2)n(C)n1. The van der Waals surface area contributed by atoms with E-state index in [1.54, 1.807) is 16.0 Å². The first-order valence-electron chi connectivity index (χ1n) is 8.29. The third-order valence-electron chi connectivity index (χ3n) is 4.27. The zero-order chi connectivity index (χ0) is 16.4. The molecule has 1 amide bonds. The number of aromatic nitrogens is 3. The minimum Gasteiger partial charge on any atom is -0.328 e. The largest absolute Gasteiger partial charge is 0.328 e. The topological polar surface area (TPSA) is 51.0 Å². The predicted octanol–water partition coefficient (Wildman–Crippen LogP) is 3.44. The summed E-state index contributed by atoms with van der Waals surface area (Å²) in [7, 11) is 1.86. The maximum atomic E-state index is 13.1. The number of aryl methyl sites for hydroxylation is 1. The Labute approximate surface area is 141 Å². The summed E-state index contributed by atoms with van der Waals surface area (Å²) < 4.78 is 1.73. The van der Waals surface area contributed by atoms with Gasteiger partial charge in [0.1, 0.15) is 10.7 Å². The predicted molar refractivity (Wildman–Crippen MR) is 91.5 cm³/mol. The molecular weight excluding hydrogens is 308 g/mol. The van der Waals surface area contributed by atoms with Gasteiger partial charge in [-0.05, 0) is 37.7 Å². The molecule has 0 saturated carbocycles. The third kappa shape index (κ3) is 3.47. The van der Waals surface area contributed by atoms with Crippen LogP contribution in [0.1, 0.15) is 60.3 Å². The van der Waals surface area contributed by atoms with Gasteiger partial charge in [0, 0.05) is 25.2 Å². The van der Waals surface area contributed by atoms with E-state index in [1.165, 1.54) is 0 Å². The molecule has 0 bridgehead atoms. The molecule has 1 aliphatic rings. The van der Waals surface area contributed by atoms with Gasteiger partial charge in [0.25, 0.3) is 5.91 Å². The van der Waals surface area contributed by atoms with Crippen LogP contribution in [0.5, 0.6) is 0 Å². The Hall–Kier alpha value is -1.69. The highest BCUT2D eigenvalue weighted by Crippen LogP contribution is 2.33. The molecule has 0 spiro atoms. The molecule has 3 heterocycles. The fraction of sp³-hybridized carbons (Fsp3) is 0.588. The summed E-state index contributed by atoms with van der Waals surface area (Å²) in [5.41, 5.74) is 1.68. The van der Waals surface area contributed by atoms with E-state index in [1.807, 2.05) is 29.6 Å². The van der Waals surface area contributed by atoms with E-state index in [0.717, 1.165) is 42.9 Å². The van der Waals surface area contributed by atoms with E-state index in [4.69, 9.17) is 0 Å². The Bertz CT molecular complexity index is 662. The number of carbonyl (C=O) groups excluding carboxylic acids is 1. The average molecular weight is 332 g/mol. The van der Waals surface area contributed by atoms with Crippen LogP contribution in [0.15, 0.2) is 17.6 Å². The van der Waals surface area contributed by atoms with Crippen LogP contribution in [-0.2, 0) is 13.5 Å². The van der Waals surface area contributed by atoms with E-state index in [0.29, 0.717) is 11.6 Å². The number of hydrogen-bond donors (Lipinski definition) is 0. The monoisotopic (exact) mass is 332 g/mol. The zero-order valence-electron chi connectivity index (χ0n) is 14.0. The summed E-state index contributed by atoms with van der Waals surface area (Å²) in [6, 6.07) is 2.07. The van der Waals surface area contributed by atoms with Crippen molar-refractivity contribution < 1.29 is 4.79 Å². The molecule has 23 heavy (non-hydrogen) atoms. The van der Waals surface area contributed by atoms with Crippen LogP contribution in [0.25, 0.3) is 0 Å². The maximum absolute atomic E-state index is 13.1. The van der Waals surface area contributed by atoms with E-state index < -0.39 is 0 Å². The lowest BCUT2D eigenvalue weighted by molar-refractivity contribution is 0.0600. The minimum atomic E-state index is 0.0786. The standard InChI is InChI=1S/C17H24N4OS/c1-12(2)10-13-11-15(20(3)19-13)17(22)21-8-5-4-6-14(21)16-18-7-9-23-16/h7,9,11-12,14H,4-6,8,10H2,1-3H3. The summed E-state index contributed by atoms with van der Waals surface area (Å²) in [6.45, 7) is 5.13. The van der Waals surface area contributed by atoms with Crippen molar-refractivity contribution in [2.45, 2.75) is 45.6 Å². The van der Waals surface area contributed by atoms with Crippen molar-refractivity contribution in [2.24, 2.45) is 13.0 Å². The van der Waals surface area contributed by atoms with Gasteiger partial charge in [0.2, 0.25) is 0 Å². The molecule has 1 saturated heterocycles. The van der Waals surface area contributed by atoms with Crippen LogP contribution >= 0.6 is 11.3 Å². The van der Waals surface area contributed by atoms with E-state index in [-0.39, 0.29) is 11.9 Å². The van der Waals surface area contributed by atoms with Gasteiger partial charge in [-0.1, -0.05) is 13.8 Å². The minimum absolute atomic E-state index is 0.0786. The van der Waals surface area contributed by atoms with E-state index >= 15 is 0 Å². The van der Waals surface area contributed by atoms with Gasteiger partial charge in [-0.25, -0.2) is 4.98 Å². The Morgan fingerprint density at radius 3 is 2.96 bits per heavy atom. The lowest BCUT2D eigenvalue weighted by Crippen LogP contribution is -2.39. The Balaban J connectivity index is 1.84. The van der Waals surface area contributed by atoms with Gasteiger partial charge in [-0.15, -0.1) is 11.3 Å². The molecule has 2 aromatic heterocycles. The fourth-order valence-electron chi connectivity index (χ4n) is 3.22. The Morgan fingerprint density at radius 1 is 1.43 bits per heavy atom. The molecule has 1 aliphatic heterocycles. The Morgan fingerprint density at radius 2 is 2.26 bits per heavy atom. The van der Waals surface area contributed by atoms with Crippen LogP contribution in [0.3, 0.4) is 0 Å². The molecule has 3 rings (SSSR count). The van der Waals surface area contributed by atoms with Crippen LogP contribution in [-0.4, -0.2) is 32.1 Å². The average Bonchev–Trinajstić information content (AvgIpc) is 3.16. The van der Waals surface area contributed by atoms with Crippen molar-refractivity contribution in [3.8, 4) is 0 Å². The highest BCUT2D eigenvalue weighted by Gasteiger charge is 2.31. The summed E-state index contributed by atoms with van der Waals surface area (Å²) >= 11 is 1.64. The van der Waals surface area contributed by atoms with Crippen LogP contribution in [0.4, 0.5) is 0 Å². The fourth-order valence-corrected chi connectivity index (χ4v) is 4.01. The van der Waals surface area contributed by atoms with Crippen molar-refractivity contribution in [3.63, 3.8) is 0 Å². The first kappa shape index (κ1) is 16.2. The van der Waals surface area contributed by atoms with Crippen LogP contribution in [0.2, 0.25) is 0 Å². The first-order chi connectivity index (χ1) is 11.1. The molecule has 5 nitrogen and oxygen atoms in total. The second kappa shape index (κ2) is 6.83. The molecule has 0 radical (unpaired) electrons. The highest BCUT2D eigenvalue weighted by molar-refractivity contribution is 7.09. The number of thiazole rings is 1. The lowest BCUT2D eigenvalue weighted by atomic mass is 10.0. The second-order valence-corrected chi connectivity index (χ2v) is 7.55. The van der Waals surface area contributed by atoms with Gasteiger partial charge < -0.3 is 4.90 Å². The molecule has 2 aromatic rings. The molecule has 6 heteroatoms. The van der Waals surface area contributed by atoms with Gasteiger partial charge in [-0.3, -0.25) is 9.48 Å².